The Morgan fingerprint density at radius 1 is 1.16 bits per heavy atom. The zero-order valence-electron chi connectivity index (χ0n) is 18.3. The summed E-state index contributed by atoms with van der Waals surface area (Å²) in [5.41, 5.74) is 9.77. The Kier molecular flexibility index (Phi) is 6.40. The molecule has 2 atom stereocenters. The highest BCUT2D eigenvalue weighted by Gasteiger charge is 2.46. The Morgan fingerprint density at radius 2 is 1.87 bits per heavy atom. The second kappa shape index (κ2) is 9.05. The molecule has 0 radical (unpaired) electrons. The van der Waals surface area contributed by atoms with Crippen LogP contribution in [0.3, 0.4) is 0 Å². The first kappa shape index (κ1) is 21.9. The van der Waals surface area contributed by atoms with Gasteiger partial charge in [-0.05, 0) is 60.9 Å². The van der Waals surface area contributed by atoms with Gasteiger partial charge in [0.15, 0.2) is 0 Å². The molecule has 164 valence electrons. The summed E-state index contributed by atoms with van der Waals surface area (Å²) in [6, 6.07) is 15.7. The quantitative estimate of drug-likeness (QED) is 0.444. The van der Waals surface area contributed by atoms with Gasteiger partial charge in [0.2, 0.25) is 5.91 Å². The maximum absolute atomic E-state index is 13.2. The van der Waals surface area contributed by atoms with Gasteiger partial charge in [-0.25, -0.2) is 0 Å². The second-order valence-corrected chi connectivity index (χ2v) is 9.81. The average Bonchev–Trinajstić information content (AvgIpc) is 3.11. The summed E-state index contributed by atoms with van der Waals surface area (Å²) in [4.78, 5) is 16.5. The number of amides is 1. The van der Waals surface area contributed by atoms with Crippen molar-refractivity contribution in [3.8, 4) is 0 Å². The maximum atomic E-state index is 13.2. The molecule has 2 unspecified atom stereocenters. The molecule has 1 aliphatic rings. The van der Waals surface area contributed by atoms with E-state index in [1.54, 1.807) is 0 Å². The largest absolute Gasteiger partial charge is 0.361 e. The van der Waals surface area contributed by atoms with Crippen molar-refractivity contribution >= 4 is 28.4 Å². The van der Waals surface area contributed by atoms with Gasteiger partial charge in [0.25, 0.3) is 0 Å². The molecule has 1 amide bonds. The number of carbonyl (C=O) groups excluding carboxylic acids is 1. The van der Waals surface area contributed by atoms with Crippen LogP contribution < -0.4 is 11.1 Å². The predicted molar refractivity (Wildman–Crippen MR) is 128 cm³/mol. The van der Waals surface area contributed by atoms with Crippen molar-refractivity contribution in [3.05, 3.63) is 70.9 Å². The number of nitrogens with one attached hydrogen (secondary N) is 2. The molecule has 1 aromatic heterocycles. The lowest BCUT2D eigenvalue weighted by atomic mass is 9.58. The Hall–Kier alpha value is -2.30. The Morgan fingerprint density at radius 3 is 2.52 bits per heavy atom. The number of aromatic amines is 1. The van der Waals surface area contributed by atoms with Gasteiger partial charge in [-0.2, -0.15) is 0 Å². The standard InChI is InChI=1S/C26H32ClN3O/c1-17(2)14-24(26(12-5-13-26)19-8-10-20(27)11-9-19)30-25(31)22(28)15-18-16-29-23-7-4-3-6-21(18)23/h3-4,6-11,16-17,22,24,29H,5,12-15,28H2,1-2H3,(H,30,31). The summed E-state index contributed by atoms with van der Waals surface area (Å²) >= 11 is 6.13. The van der Waals surface area contributed by atoms with E-state index in [2.05, 4.69) is 42.3 Å². The van der Waals surface area contributed by atoms with E-state index in [-0.39, 0.29) is 17.4 Å². The number of H-pyrrole nitrogens is 1. The van der Waals surface area contributed by atoms with Crippen LogP contribution in [0.25, 0.3) is 10.9 Å². The van der Waals surface area contributed by atoms with E-state index >= 15 is 0 Å². The number of hydrogen-bond acceptors (Lipinski definition) is 2. The number of benzene rings is 2. The highest BCUT2D eigenvalue weighted by molar-refractivity contribution is 6.30. The number of hydrogen-bond donors (Lipinski definition) is 3. The lowest BCUT2D eigenvalue weighted by Gasteiger charge is -2.49. The van der Waals surface area contributed by atoms with E-state index in [4.69, 9.17) is 17.3 Å². The third kappa shape index (κ3) is 4.51. The van der Waals surface area contributed by atoms with Crippen molar-refractivity contribution in [2.75, 3.05) is 0 Å². The van der Waals surface area contributed by atoms with E-state index in [0.29, 0.717) is 12.3 Å². The van der Waals surface area contributed by atoms with Crippen molar-refractivity contribution < 1.29 is 4.79 Å². The van der Waals surface area contributed by atoms with Crippen molar-refractivity contribution in [3.63, 3.8) is 0 Å². The Labute approximate surface area is 189 Å². The fourth-order valence-corrected chi connectivity index (χ4v) is 5.11. The summed E-state index contributed by atoms with van der Waals surface area (Å²) in [6.45, 7) is 4.42. The van der Waals surface area contributed by atoms with E-state index < -0.39 is 6.04 Å². The van der Waals surface area contributed by atoms with Crippen LogP contribution in [0.4, 0.5) is 0 Å². The highest BCUT2D eigenvalue weighted by Crippen LogP contribution is 2.48. The third-order valence-corrected chi connectivity index (χ3v) is 7.06. The summed E-state index contributed by atoms with van der Waals surface area (Å²) in [6.07, 6.45) is 6.72. The van der Waals surface area contributed by atoms with Crippen LogP contribution in [0.5, 0.6) is 0 Å². The third-order valence-electron chi connectivity index (χ3n) is 6.81. The molecule has 1 fully saturated rings. The summed E-state index contributed by atoms with van der Waals surface area (Å²) in [5, 5.41) is 5.22. The van der Waals surface area contributed by atoms with Gasteiger partial charge in [0.05, 0.1) is 6.04 Å². The van der Waals surface area contributed by atoms with Gasteiger partial charge in [0, 0.05) is 33.6 Å². The van der Waals surface area contributed by atoms with E-state index in [1.807, 2.05) is 36.5 Å². The number of halogens is 1. The molecule has 0 bridgehead atoms. The molecule has 31 heavy (non-hydrogen) atoms. The van der Waals surface area contributed by atoms with Crippen LogP contribution in [0.1, 0.15) is 50.7 Å². The van der Waals surface area contributed by atoms with Gasteiger partial charge in [-0.15, -0.1) is 0 Å². The van der Waals surface area contributed by atoms with E-state index in [9.17, 15) is 4.79 Å². The summed E-state index contributed by atoms with van der Waals surface area (Å²) in [7, 11) is 0. The first-order valence-corrected chi connectivity index (χ1v) is 11.6. The predicted octanol–water partition coefficient (Wildman–Crippen LogP) is 5.34. The minimum atomic E-state index is -0.587. The Balaban J connectivity index is 1.53. The van der Waals surface area contributed by atoms with Gasteiger partial charge in [-0.1, -0.05) is 62.2 Å². The Bertz CT molecular complexity index is 1040. The van der Waals surface area contributed by atoms with Crippen LogP contribution in [-0.4, -0.2) is 23.0 Å². The number of para-hydroxylation sites is 1. The minimum absolute atomic E-state index is 0.0367. The number of fused-ring (bicyclic) bond motifs is 1. The van der Waals surface area contributed by atoms with Gasteiger partial charge in [-0.3, -0.25) is 4.79 Å². The lowest BCUT2D eigenvalue weighted by molar-refractivity contribution is -0.124. The zero-order valence-corrected chi connectivity index (χ0v) is 19.1. The SMILES string of the molecule is CC(C)CC(NC(=O)C(N)Cc1c[nH]c2ccccc12)C1(c2ccc(Cl)cc2)CCC1. The van der Waals surface area contributed by atoms with E-state index in [0.717, 1.165) is 40.8 Å². The summed E-state index contributed by atoms with van der Waals surface area (Å²) < 4.78 is 0. The topological polar surface area (TPSA) is 70.9 Å². The minimum Gasteiger partial charge on any atom is -0.361 e. The van der Waals surface area contributed by atoms with Crippen LogP contribution in [0.2, 0.25) is 5.02 Å². The van der Waals surface area contributed by atoms with Gasteiger partial charge in [0.1, 0.15) is 0 Å². The van der Waals surface area contributed by atoms with Crippen molar-refractivity contribution in [1.29, 1.82) is 0 Å². The molecular formula is C26H32ClN3O. The fraction of sp³-hybridized carbons (Fsp3) is 0.423. The van der Waals surface area contributed by atoms with Crippen LogP contribution in [0, 0.1) is 5.92 Å². The number of rotatable bonds is 8. The maximum Gasteiger partial charge on any atom is 0.237 e. The molecular weight excluding hydrogens is 406 g/mol. The monoisotopic (exact) mass is 437 g/mol. The van der Waals surface area contributed by atoms with Crippen molar-refractivity contribution in [2.24, 2.45) is 11.7 Å². The molecule has 2 aromatic carbocycles. The molecule has 4 rings (SSSR count). The second-order valence-electron chi connectivity index (χ2n) is 9.38. The fourth-order valence-electron chi connectivity index (χ4n) is 4.98. The zero-order chi connectivity index (χ0) is 22.0. The summed E-state index contributed by atoms with van der Waals surface area (Å²) in [5.74, 6) is 0.399. The molecule has 4 N–H and O–H groups in total. The van der Waals surface area contributed by atoms with Crippen molar-refractivity contribution in [2.45, 2.75) is 63.5 Å². The first-order valence-electron chi connectivity index (χ1n) is 11.3. The number of aromatic nitrogens is 1. The van der Waals surface area contributed by atoms with E-state index in [1.165, 1.54) is 12.0 Å². The van der Waals surface area contributed by atoms with Crippen LogP contribution in [-0.2, 0) is 16.6 Å². The number of nitrogens with two attached hydrogens (primary N) is 1. The molecule has 4 nitrogen and oxygen atoms in total. The lowest BCUT2D eigenvalue weighted by Crippen LogP contribution is -2.57. The normalized spacial score (nSPS) is 17.3. The molecule has 1 aliphatic carbocycles. The van der Waals surface area contributed by atoms with Gasteiger partial charge < -0.3 is 16.0 Å². The molecule has 1 heterocycles. The molecule has 0 aliphatic heterocycles. The average molecular weight is 438 g/mol. The molecule has 5 heteroatoms. The molecule has 0 saturated heterocycles. The van der Waals surface area contributed by atoms with Crippen LogP contribution in [0.15, 0.2) is 54.7 Å². The molecule has 1 saturated carbocycles. The first-order chi connectivity index (χ1) is 14.9. The van der Waals surface area contributed by atoms with Crippen molar-refractivity contribution in [1.82, 2.24) is 10.3 Å². The molecule has 0 spiro atoms. The van der Waals surface area contributed by atoms with Gasteiger partial charge >= 0.3 is 0 Å². The molecule has 3 aromatic rings. The van der Waals surface area contributed by atoms with Crippen LogP contribution >= 0.6 is 11.6 Å². The number of carbonyl (C=O) groups is 1. The smallest absolute Gasteiger partial charge is 0.237 e. The highest BCUT2D eigenvalue weighted by atomic mass is 35.5.